The Morgan fingerprint density at radius 2 is 2.07 bits per heavy atom. The average Bonchev–Trinajstić information content (AvgIpc) is 2.15. The molecule has 0 fully saturated rings. The van der Waals surface area contributed by atoms with Gasteiger partial charge in [-0.1, -0.05) is 6.92 Å². The van der Waals surface area contributed by atoms with Crippen molar-refractivity contribution in [2.75, 3.05) is 0 Å². The van der Waals surface area contributed by atoms with E-state index in [-0.39, 0.29) is 0 Å². The Balaban J connectivity index is 2.80. The van der Waals surface area contributed by atoms with Gasteiger partial charge >= 0.3 is 0 Å². The zero-order valence-corrected chi connectivity index (χ0v) is 9.66. The monoisotopic (exact) mass is 229 g/mol. The molecule has 0 aliphatic heterocycles. The summed E-state index contributed by atoms with van der Waals surface area (Å²) in [5, 5.41) is 4.52. The summed E-state index contributed by atoms with van der Waals surface area (Å²) >= 11 is 0. The van der Waals surface area contributed by atoms with Gasteiger partial charge in [0.2, 0.25) is 10.0 Å². The van der Waals surface area contributed by atoms with Crippen molar-refractivity contribution in [3.63, 3.8) is 0 Å². The van der Waals surface area contributed by atoms with E-state index in [0.29, 0.717) is 18.5 Å². The summed E-state index contributed by atoms with van der Waals surface area (Å²) in [6, 6.07) is 0. The summed E-state index contributed by atoms with van der Waals surface area (Å²) in [7, 11) is -3.49. The SMILES string of the molecule is CCC(Cc1cnc(C)cn1)S(N)(=O)=O. The first-order valence-electron chi connectivity index (χ1n) is 4.72. The molecule has 0 amide bonds. The van der Waals surface area contributed by atoms with Crippen molar-refractivity contribution in [3.05, 3.63) is 23.8 Å². The third-order valence-electron chi connectivity index (χ3n) is 2.19. The van der Waals surface area contributed by atoms with E-state index in [0.717, 1.165) is 5.69 Å². The summed E-state index contributed by atoms with van der Waals surface area (Å²) in [4.78, 5) is 8.15. The Kier molecular flexibility index (Phi) is 3.76. The Bertz CT molecular complexity index is 413. The third-order valence-corrected chi connectivity index (χ3v) is 3.62. The zero-order valence-electron chi connectivity index (χ0n) is 8.84. The lowest BCUT2D eigenvalue weighted by molar-refractivity contribution is 0.574. The molecule has 5 nitrogen and oxygen atoms in total. The lowest BCUT2D eigenvalue weighted by Gasteiger charge is -2.11. The van der Waals surface area contributed by atoms with Gasteiger partial charge in [0.15, 0.2) is 0 Å². The Hall–Kier alpha value is -1.01. The highest BCUT2D eigenvalue weighted by molar-refractivity contribution is 7.89. The summed E-state index contributed by atoms with van der Waals surface area (Å²) < 4.78 is 22.3. The fourth-order valence-corrected chi connectivity index (χ4v) is 2.12. The minimum atomic E-state index is -3.49. The molecular formula is C9H15N3O2S. The Morgan fingerprint density at radius 3 is 2.47 bits per heavy atom. The van der Waals surface area contributed by atoms with Gasteiger partial charge < -0.3 is 0 Å². The van der Waals surface area contributed by atoms with Crippen molar-refractivity contribution in [2.24, 2.45) is 5.14 Å². The highest BCUT2D eigenvalue weighted by Gasteiger charge is 2.20. The number of nitrogens with zero attached hydrogens (tertiary/aromatic N) is 2. The first-order valence-corrected chi connectivity index (χ1v) is 6.33. The van der Waals surface area contributed by atoms with Crippen LogP contribution in [0.3, 0.4) is 0 Å². The molecule has 0 spiro atoms. The van der Waals surface area contributed by atoms with Gasteiger partial charge in [-0.25, -0.2) is 13.6 Å². The van der Waals surface area contributed by atoms with Crippen molar-refractivity contribution in [1.29, 1.82) is 0 Å². The number of primary sulfonamides is 1. The second kappa shape index (κ2) is 4.67. The van der Waals surface area contributed by atoms with Crippen molar-refractivity contribution < 1.29 is 8.42 Å². The Morgan fingerprint density at radius 1 is 1.40 bits per heavy atom. The van der Waals surface area contributed by atoms with Crippen LogP contribution < -0.4 is 5.14 Å². The number of nitrogens with two attached hydrogens (primary N) is 1. The lowest BCUT2D eigenvalue weighted by Crippen LogP contribution is -2.30. The van der Waals surface area contributed by atoms with Crippen LogP contribution in [0.2, 0.25) is 0 Å². The van der Waals surface area contributed by atoms with E-state index in [1.54, 1.807) is 19.3 Å². The summed E-state index contributed by atoms with van der Waals surface area (Å²) in [5.74, 6) is 0. The van der Waals surface area contributed by atoms with Gasteiger partial charge in [-0.2, -0.15) is 0 Å². The molecule has 1 aromatic rings. The smallest absolute Gasteiger partial charge is 0.212 e. The largest absolute Gasteiger partial charge is 0.258 e. The predicted octanol–water partition coefficient (Wildman–Crippen LogP) is 0.395. The van der Waals surface area contributed by atoms with Crippen LogP contribution in [0.4, 0.5) is 0 Å². The predicted molar refractivity (Wildman–Crippen MR) is 57.7 cm³/mol. The first kappa shape index (κ1) is 12.1. The van der Waals surface area contributed by atoms with E-state index in [1.165, 1.54) is 0 Å². The average molecular weight is 229 g/mol. The Labute approximate surface area is 89.8 Å². The molecule has 0 saturated carbocycles. The van der Waals surface area contributed by atoms with Gasteiger partial charge in [0.1, 0.15) is 0 Å². The summed E-state index contributed by atoms with van der Waals surface area (Å²) in [5.41, 5.74) is 1.46. The van der Waals surface area contributed by atoms with Gasteiger partial charge in [-0.3, -0.25) is 9.97 Å². The van der Waals surface area contributed by atoms with E-state index in [1.807, 2.05) is 6.92 Å². The van der Waals surface area contributed by atoms with E-state index >= 15 is 0 Å². The topological polar surface area (TPSA) is 85.9 Å². The molecular weight excluding hydrogens is 214 g/mol. The number of sulfonamides is 1. The summed E-state index contributed by atoms with van der Waals surface area (Å²) in [6.45, 7) is 3.62. The molecule has 0 aromatic carbocycles. The molecule has 1 atom stereocenters. The van der Waals surface area contributed by atoms with Crippen LogP contribution in [-0.2, 0) is 16.4 Å². The normalized spacial score (nSPS) is 13.8. The van der Waals surface area contributed by atoms with E-state index in [4.69, 9.17) is 5.14 Å². The van der Waals surface area contributed by atoms with Gasteiger partial charge in [-0.05, 0) is 13.3 Å². The molecule has 6 heteroatoms. The number of hydrogen-bond acceptors (Lipinski definition) is 4. The molecule has 0 saturated heterocycles. The van der Waals surface area contributed by atoms with Crippen LogP contribution in [0, 0.1) is 6.92 Å². The quantitative estimate of drug-likeness (QED) is 0.809. The molecule has 0 aliphatic rings. The molecule has 1 aromatic heterocycles. The van der Waals surface area contributed by atoms with Crippen LogP contribution in [0.25, 0.3) is 0 Å². The maximum Gasteiger partial charge on any atom is 0.212 e. The zero-order chi connectivity index (χ0) is 11.5. The van der Waals surface area contributed by atoms with Gasteiger partial charge in [-0.15, -0.1) is 0 Å². The third kappa shape index (κ3) is 3.56. The molecule has 0 bridgehead atoms. The van der Waals surface area contributed by atoms with Gasteiger partial charge in [0.05, 0.1) is 16.6 Å². The molecule has 2 N–H and O–H groups in total. The number of aryl methyl sites for hydroxylation is 1. The fourth-order valence-electron chi connectivity index (χ4n) is 1.25. The van der Waals surface area contributed by atoms with Gasteiger partial charge in [0.25, 0.3) is 0 Å². The van der Waals surface area contributed by atoms with Crippen LogP contribution in [0.1, 0.15) is 24.7 Å². The van der Waals surface area contributed by atoms with Crippen LogP contribution in [-0.4, -0.2) is 23.6 Å². The number of aromatic nitrogens is 2. The fraction of sp³-hybridized carbons (Fsp3) is 0.556. The molecule has 1 unspecified atom stereocenters. The summed E-state index contributed by atoms with van der Waals surface area (Å²) in [6.07, 6.45) is 4.01. The van der Waals surface area contributed by atoms with Crippen LogP contribution in [0.15, 0.2) is 12.4 Å². The minimum absolute atomic E-state index is 0.322. The van der Waals surface area contributed by atoms with Crippen molar-refractivity contribution in [3.8, 4) is 0 Å². The second-order valence-corrected chi connectivity index (χ2v) is 5.32. The molecule has 1 heterocycles. The van der Waals surface area contributed by atoms with Gasteiger partial charge in [0, 0.05) is 18.8 Å². The first-order chi connectivity index (χ1) is 6.93. The maximum atomic E-state index is 11.2. The van der Waals surface area contributed by atoms with Crippen LogP contribution in [0.5, 0.6) is 0 Å². The van der Waals surface area contributed by atoms with E-state index in [2.05, 4.69) is 9.97 Å². The van der Waals surface area contributed by atoms with E-state index < -0.39 is 15.3 Å². The second-order valence-electron chi connectivity index (χ2n) is 3.47. The van der Waals surface area contributed by atoms with Crippen molar-refractivity contribution in [2.45, 2.75) is 31.9 Å². The molecule has 15 heavy (non-hydrogen) atoms. The van der Waals surface area contributed by atoms with E-state index in [9.17, 15) is 8.42 Å². The highest BCUT2D eigenvalue weighted by atomic mass is 32.2. The van der Waals surface area contributed by atoms with Crippen molar-refractivity contribution >= 4 is 10.0 Å². The molecule has 1 rings (SSSR count). The lowest BCUT2D eigenvalue weighted by atomic mass is 10.2. The molecule has 84 valence electrons. The molecule has 0 aliphatic carbocycles. The standard InChI is InChI=1S/C9H15N3O2S/c1-3-9(15(10,13)14)4-8-6-11-7(2)5-12-8/h5-6,9H,3-4H2,1-2H3,(H2,10,13,14). The minimum Gasteiger partial charge on any atom is -0.258 e. The number of hydrogen-bond donors (Lipinski definition) is 1. The number of rotatable bonds is 4. The van der Waals surface area contributed by atoms with Crippen molar-refractivity contribution in [1.82, 2.24) is 9.97 Å². The molecule has 0 radical (unpaired) electrons. The highest BCUT2D eigenvalue weighted by Crippen LogP contribution is 2.08. The van der Waals surface area contributed by atoms with Crippen LogP contribution >= 0.6 is 0 Å². The maximum absolute atomic E-state index is 11.2.